The molecule has 0 bridgehead atoms. The second kappa shape index (κ2) is 11.7. The van der Waals surface area contributed by atoms with Crippen molar-refractivity contribution in [2.24, 2.45) is 0 Å². The molecule has 2 aromatic carbocycles. The fourth-order valence-electron chi connectivity index (χ4n) is 5.82. The zero-order valence-electron chi connectivity index (χ0n) is 25.7. The Labute approximate surface area is 254 Å². The quantitative estimate of drug-likeness (QED) is 0.343. The second-order valence-corrected chi connectivity index (χ2v) is 12.2. The van der Waals surface area contributed by atoms with Crippen molar-refractivity contribution in [3.63, 3.8) is 0 Å². The molecule has 1 aliphatic carbocycles. The molecule has 0 spiro atoms. The van der Waals surface area contributed by atoms with Crippen LogP contribution in [0.25, 0.3) is 16.9 Å². The topological polar surface area (TPSA) is 86.1 Å². The average Bonchev–Trinajstić information content (AvgIpc) is 3.66. The summed E-state index contributed by atoms with van der Waals surface area (Å²) in [6, 6.07) is 8.69. The number of benzene rings is 2. The van der Waals surface area contributed by atoms with Gasteiger partial charge in [-0.25, -0.2) is 4.79 Å². The molecule has 1 atom stereocenters. The predicted molar refractivity (Wildman–Crippen MR) is 160 cm³/mol. The fraction of sp³-hybridized carbons (Fsp3) is 0.469. The van der Waals surface area contributed by atoms with Crippen LogP contribution >= 0.6 is 0 Å². The summed E-state index contributed by atoms with van der Waals surface area (Å²) in [6.45, 7) is 6.25. The first-order chi connectivity index (χ1) is 20.7. The van der Waals surface area contributed by atoms with Gasteiger partial charge >= 0.3 is 12.3 Å². The van der Waals surface area contributed by atoms with E-state index in [0.717, 1.165) is 16.3 Å². The summed E-state index contributed by atoms with van der Waals surface area (Å²) in [7, 11) is 4.67. The Balaban J connectivity index is 1.59. The minimum absolute atomic E-state index is 0.203. The van der Waals surface area contributed by atoms with Crippen LogP contribution in [-0.4, -0.2) is 66.8 Å². The van der Waals surface area contributed by atoms with E-state index in [1.54, 1.807) is 46.0 Å². The van der Waals surface area contributed by atoms with Crippen molar-refractivity contribution in [2.45, 2.75) is 64.3 Å². The Hall–Kier alpha value is -4.22. The lowest BCUT2D eigenvalue weighted by molar-refractivity contribution is -0.137. The molecule has 1 unspecified atom stereocenters. The van der Waals surface area contributed by atoms with Crippen LogP contribution in [0.3, 0.4) is 0 Å². The fourth-order valence-corrected chi connectivity index (χ4v) is 5.82. The lowest BCUT2D eigenvalue weighted by atomic mass is 10.0. The van der Waals surface area contributed by atoms with Gasteiger partial charge in [0.05, 0.1) is 37.2 Å². The molecular formula is C32H37F3N4O5. The number of carbonyl (C=O) groups excluding carboxylic acids is 1. The maximum absolute atomic E-state index is 14.4. The number of likely N-dealkylation sites (N-methyl/N-ethyl adjacent to an activating group) is 1. The summed E-state index contributed by atoms with van der Waals surface area (Å²) in [6.07, 6.45) is -2.89. The number of fused-ring (bicyclic) bond motifs is 1. The Morgan fingerprint density at radius 2 is 1.66 bits per heavy atom. The Morgan fingerprint density at radius 1 is 1.00 bits per heavy atom. The molecule has 236 valence electrons. The predicted octanol–water partition coefficient (Wildman–Crippen LogP) is 5.87. The van der Waals surface area contributed by atoms with E-state index in [-0.39, 0.29) is 11.7 Å². The third-order valence-electron chi connectivity index (χ3n) is 8.05. The lowest BCUT2D eigenvalue weighted by Crippen LogP contribution is -2.42. The van der Waals surface area contributed by atoms with Crippen molar-refractivity contribution in [3.8, 4) is 28.4 Å². The lowest BCUT2D eigenvalue weighted by Gasteiger charge is -2.29. The van der Waals surface area contributed by atoms with Gasteiger partial charge in [-0.3, -0.25) is 4.79 Å². The van der Waals surface area contributed by atoms with Gasteiger partial charge in [0.15, 0.2) is 0 Å². The minimum atomic E-state index is -4.74. The first-order valence-corrected chi connectivity index (χ1v) is 14.5. The maximum Gasteiger partial charge on any atom is 0.418 e. The Kier molecular flexibility index (Phi) is 8.30. The highest BCUT2D eigenvalue weighted by Gasteiger charge is 2.37. The summed E-state index contributed by atoms with van der Waals surface area (Å²) in [4.78, 5) is 29.8. The van der Waals surface area contributed by atoms with Gasteiger partial charge in [0.2, 0.25) is 0 Å². The number of aromatic nitrogens is 2. The van der Waals surface area contributed by atoms with Crippen molar-refractivity contribution >= 4 is 11.8 Å². The molecule has 2 heterocycles. The van der Waals surface area contributed by atoms with Gasteiger partial charge in [-0.2, -0.15) is 23.0 Å². The number of alkyl halides is 3. The molecule has 5 rings (SSSR count). The monoisotopic (exact) mass is 614 g/mol. The van der Waals surface area contributed by atoms with Crippen molar-refractivity contribution in [1.82, 2.24) is 14.7 Å². The number of methoxy groups -OCH3 is 2. The normalized spacial score (nSPS) is 16.6. The van der Waals surface area contributed by atoms with E-state index in [1.807, 2.05) is 4.90 Å². The van der Waals surface area contributed by atoms with Crippen molar-refractivity contribution in [1.29, 1.82) is 0 Å². The Morgan fingerprint density at radius 3 is 2.27 bits per heavy atom. The van der Waals surface area contributed by atoms with Crippen molar-refractivity contribution < 1.29 is 32.2 Å². The van der Waals surface area contributed by atoms with E-state index in [1.165, 1.54) is 31.3 Å². The first-order valence-electron chi connectivity index (χ1n) is 14.5. The van der Waals surface area contributed by atoms with E-state index >= 15 is 0 Å². The van der Waals surface area contributed by atoms with Crippen molar-refractivity contribution in [3.05, 3.63) is 63.4 Å². The number of ether oxygens (including phenoxy) is 3. The molecule has 1 fully saturated rings. The van der Waals surface area contributed by atoms with Crippen LogP contribution in [0.1, 0.15) is 50.3 Å². The molecule has 1 saturated heterocycles. The summed E-state index contributed by atoms with van der Waals surface area (Å²) in [5.41, 5.74) is 0.110. The number of anilines is 1. The van der Waals surface area contributed by atoms with Gasteiger partial charge in [-0.1, -0.05) is 0 Å². The Bertz CT molecular complexity index is 1610. The zero-order valence-corrected chi connectivity index (χ0v) is 25.7. The highest BCUT2D eigenvalue weighted by molar-refractivity contribution is 5.70. The third-order valence-corrected chi connectivity index (χ3v) is 8.05. The van der Waals surface area contributed by atoms with E-state index < -0.39 is 29.0 Å². The molecule has 1 aliphatic heterocycles. The zero-order chi connectivity index (χ0) is 32.0. The average molecular weight is 615 g/mol. The third kappa shape index (κ3) is 6.20. The van der Waals surface area contributed by atoms with Gasteiger partial charge in [0, 0.05) is 43.0 Å². The number of hydrogen-bond donors (Lipinski definition) is 0. The SMILES string of the molecule is COc1cc(OC)cc(-c2nn(-c3cc(N4CCC(N(C)C(=O)OC(C)(C)C)C4)ccc3C(F)(F)F)c(=O)c3c2CCC3)c1. The number of nitrogens with zero attached hydrogens (tertiary/aromatic N) is 4. The summed E-state index contributed by atoms with van der Waals surface area (Å²) >= 11 is 0. The van der Waals surface area contributed by atoms with Gasteiger partial charge in [-0.15, -0.1) is 0 Å². The molecule has 1 aromatic heterocycles. The van der Waals surface area contributed by atoms with Crippen LogP contribution in [0, 0.1) is 0 Å². The highest BCUT2D eigenvalue weighted by Crippen LogP contribution is 2.38. The molecule has 0 N–H and O–H groups in total. The van der Waals surface area contributed by atoms with E-state index in [0.29, 0.717) is 72.8 Å². The van der Waals surface area contributed by atoms with Gasteiger partial charge in [0.1, 0.15) is 17.1 Å². The van der Waals surface area contributed by atoms with Crippen LogP contribution in [0.2, 0.25) is 0 Å². The molecule has 2 aliphatic rings. The second-order valence-electron chi connectivity index (χ2n) is 12.2. The summed E-state index contributed by atoms with van der Waals surface area (Å²) < 4.78 is 60.4. The molecule has 12 heteroatoms. The van der Waals surface area contributed by atoms with E-state index in [4.69, 9.17) is 14.2 Å². The van der Waals surface area contributed by atoms with E-state index in [2.05, 4.69) is 5.10 Å². The summed E-state index contributed by atoms with van der Waals surface area (Å²) in [5.74, 6) is 0.979. The molecule has 3 aromatic rings. The molecule has 1 amide bonds. The number of carbonyl (C=O) groups is 1. The minimum Gasteiger partial charge on any atom is -0.497 e. The first kappa shape index (κ1) is 31.2. The number of halogens is 3. The van der Waals surface area contributed by atoms with Gasteiger partial charge in [-0.05, 0) is 82.3 Å². The smallest absolute Gasteiger partial charge is 0.418 e. The number of hydrogen-bond acceptors (Lipinski definition) is 7. The molecule has 0 radical (unpaired) electrons. The van der Waals surface area contributed by atoms with Gasteiger partial charge < -0.3 is 24.0 Å². The number of amides is 1. The molecule has 0 saturated carbocycles. The number of rotatable bonds is 6. The molecule has 44 heavy (non-hydrogen) atoms. The van der Waals surface area contributed by atoms with Crippen LogP contribution in [-0.2, 0) is 23.8 Å². The van der Waals surface area contributed by atoms with Crippen LogP contribution < -0.4 is 19.9 Å². The maximum atomic E-state index is 14.4. The molecule has 9 nitrogen and oxygen atoms in total. The molecular weight excluding hydrogens is 577 g/mol. The van der Waals surface area contributed by atoms with Gasteiger partial charge in [0.25, 0.3) is 5.56 Å². The van der Waals surface area contributed by atoms with Crippen LogP contribution in [0.4, 0.5) is 23.7 Å². The standard InChI is InChI=1S/C32H37F3N4O5/c1-31(2,3)44-30(41)37(4)21-12-13-38(18-21)20-10-11-26(32(33,34)35)27(16-20)39-29(40)25-9-7-8-24(25)28(36-39)19-14-22(42-5)17-23(15-19)43-6/h10-11,14-17,21H,7-9,12-13,18H2,1-6H3. The van der Waals surface area contributed by atoms with Crippen molar-refractivity contribution in [2.75, 3.05) is 39.3 Å². The van der Waals surface area contributed by atoms with Crippen LogP contribution in [0.5, 0.6) is 11.5 Å². The largest absolute Gasteiger partial charge is 0.497 e. The summed E-state index contributed by atoms with van der Waals surface area (Å²) in [5, 5.41) is 4.58. The van der Waals surface area contributed by atoms with Crippen LogP contribution in [0.15, 0.2) is 41.2 Å². The van der Waals surface area contributed by atoms with E-state index in [9.17, 15) is 22.8 Å². The highest BCUT2D eigenvalue weighted by atomic mass is 19.4.